The van der Waals surface area contributed by atoms with Crippen LogP contribution in [0.25, 0.3) is 10.8 Å². The Morgan fingerprint density at radius 1 is 1.24 bits per heavy atom. The quantitative estimate of drug-likeness (QED) is 0.451. The number of hydrogen-bond acceptors (Lipinski definition) is 4. The maximum Gasteiger partial charge on any atom is 0.219 e. The maximum absolute atomic E-state index is 11.3. The van der Waals surface area contributed by atoms with Gasteiger partial charge in [-0.15, -0.1) is 0 Å². The molecule has 88 valence electrons. The standard InChI is InChI=1S/C12H14N4O/c13-11-3-4-12(15-5-1-2-6-15)10-8-16(17)14-7-9(10)11/h3-4,7-8H,1-2,5-6,13H2. The number of benzene rings is 1. The molecule has 2 aromatic rings. The van der Waals surface area contributed by atoms with E-state index in [4.69, 9.17) is 5.73 Å². The largest absolute Gasteiger partial charge is 0.594 e. The Balaban J connectivity index is 2.23. The van der Waals surface area contributed by atoms with E-state index in [2.05, 4.69) is 10.00 Å². The van der Waals surface area contributed by atoms with E-state index in [-0.39, 0.29) is 0 Å². The first-order valence-corrected chi connectivity index (χ1v) is 5.78. The number of nitrogen functional groups attached to an aromatic ring is 1. The van der Waals surface area contributed by atoms with Gasteiger partial charge in [0, 0.05) is 29.3 Å². The third-order valence-electron chi connectivity index (χ3n) is 3.28. The molecule has 17 heavy (non-hydrogen) atoms. The molecule has 2 heterocycles. The van der Waals surface area contributed by atoms with Crippen molar-refractivity contribution >= 4 is 22.1 Å². The lowest BCUT2D eigenvalue weighted by Crippen LogP contribution is -2.30. The number of anilines is 2. The Bertz CT molecular complexity index is 564. The molecule has 5 nitrogen and oxygen atoms in total. The third-order valence-corrected chi connectivity index (χ3v) is 3.28. The van der Waals surface area contributed by atoms with Crippen molar-refractivity contribution in [1.29, 1.82) is 0 Å². The van der Waals surface area contributed by atoms with Gasteiger partial charge in [-0.25, -0.2) is 0 Å². The lowest BCUT2D eigenvalue weighted by Gasteiger charge is -2.19. The summed E-state index contributed by atoms with van der Waals surface area (Å²) in [6, 6.07) is 3.87. The SMILES string of the molecule is Nc1ccc(N2CCCC2)c2c[n+]([O-])ncc12. The van der Waals surface area contributed by atoms with E-state index in [9.17, 15) is 5.21 Å². The predicted octanol–water partition coefficient (Wildman–Crippen LogP) is 1.05. The van der Waals surface area contributed by atoms with E-state index < -0.39 is 0 Å². The van der Waals surface area contributed by atoms with Gasteiger partial charge in [-0.1, -0.05) is 4.85 Å². The minimum absolute atomic E-state index is 0.585. The van der Waals surface area contributed by atoms with Gasteiger partial charge in [0.25, 0.3) is 0 Å². The summed E-state index contributed by atoms with van der Waals surface area (Å²) < 4.78 is 0. The fourth-order valence-electron chi connectivity index (χ4n) is 2.41. The topological polar surface area (TPSA) is 69.1 Å². The Morgan fingerprint density at radius 2 is 2.00 bits per heavy atom. The number of aromatic nitrogens is 2. The zero-order valence-corrected chi connectivity index (χ0v) is 9.47. The van der Waals surface area contributed by atoms with E-state index >= 15 is 0 Å². The third kappa shape index (κ3) is 1.63. The first kappa shape index (κ1) is 10.1. The molecule has 0 amide bonds. The minimum Gasteiger partial charge on any atom is -0.594 e. The van der Waals surface area contributed by atoms with Gasteiger partial charge in [0.1, 0.15) is 6.20 Å². The van der Waals surface area contributed by atoms with Crippen LogP contribution in [0.2, 0.25) is 0 Å². The summed E-state index contributed by atoms with van der Waals surface area (Å²) in [4.78, 5) is 2.88. The van der Waals surface area contributed by atoms with Crippen LogP contribution in [0.4, 0.5) is 11.4 Å². The van der Waals surface area contributed by atoms with Crippen LogP contribution in [0, 0.1) is 5.21 Å². The van der Waals surface area contributed by atoms with Gasteiger partial charge >= 0.3 is 0 Å². The summed E-state index contributed by atoms with van der Waals surface area (Å²) in [5.74, 6) is 0. The molecule has 0 saturated carbocycles. The van der Waals surface area contributed by atoms with Crippen molar-refractivity contribution in [2.24, 2.45) is 0 Å². The van der Waals surface area contributed by atoms with Gasteiger partial charge in [-0.2, -0.15) is 0 Å². The van der Waals surface area contributed by atoms with Crippen molar-refractivity contribution in [2.75, 3.05) is 23.7 Å². The van der Waals surface area contributed by atoms with Gasteiger partial charge < -0.3 is 15.8 Å². The number of nitrogens with zero attached hydrogens (tertiary/aromatic N) is 3. The van der Waals surface area contributed by atoms with Gasteiger partial charge in [0.15, 0.2) is 0 Å². The Labute approximate surface area is 99.0 Å². The van der Waals surface area contributed by atoms with Crippen molar-refractivity contribution in [2.45, 2.75) is 12.8 Å². The molecule has 2 N–H and O–H groups in total. The molecular formula is C12H14N4O. The molecule has 1 saturated heterocycles. The molecule has 0 atom stereocenters. The Hall–Kier alpha value is -2.04. The smallest absolute Gasteiger partial charge is 0.219 e. The average Bonchev–Trinajstić information content (AvgIpc) is 2.83. The van der Waals surface area contributed by atoms with Crippen LogP contribution in [-0.2, 0) is 0 Å². The predicted molar refractivity (Wildman–Crippen MR) is 66.6 cm³/mol. The van der Waals surface area contributed by atoms with Crippen molar-refractivity contribution in [1.82, 2.24) is 5.10 Å². The monoisotopic (exact) mass is 230 g/mol. The lowest BCUT2D eigenvalue weighted by molar-refractivity contribution is -0.667. The molecule has 1 fully saturated rings. The maximum atomic E-state index is 11.3. The van der Waals surface area contributed by atoms with Crippen molar-refractivity contribution in [3.8, 4) is 0 Å². The highest BCUT2D eigenvalue weighted by Crippen LogP contribution is 2.31. The molecule has 0 spiro atoms. The fraction of sp³-hybridized carbons (Fsp3) is 0.333. The minimum atomic E-state index is 0.585. The first-order valence-electron chi connectivity index (χ1n) is 5.78. The highest BCUT2D eigenvalue weighted by atomic mass is 16.5. The van der Waals surface area contributed by atoms with Gasteiger partial charge in [0.05, 0.1) is 11.1 Å². The molecule has 3 rings (SSSR count). The van der Waals surface area contributed by atoms with E-state index in [1.54, 1.807) is 0 Å². The first-order chi connectivity index (χ1) is 8.25. The zero-order valence-electron chi connectivity index (χ0n) is 9.47. The number of nitrogens with two attached hydrogens (primary N) is 1. The summed E-state index contributed by atoms with van der Waals surface area (Å²) >= 11 is 0. The van der Waals surface area contributed by atoms with Crippen LogP contribution in [0.3, 0.4) is 0 Å². The molecule has 0 unspecified atom stereocenters. The molecule has 0 radical (unpaired) electrons. The number of fused-ring (bicyclic) bond motifs is 1. The second-order valence-electron chi connectivity index (χ2n) is 4.37. The highest BCUT2D eigenvalue weighted by molar-refractivity contribution is 6.00. The van der Waals surface area contributed by atoms with Gasteiger partial charge in [-0.3, -0.25) is 0 Å². The molecule has 1 aliphatic rings. The second-order valence-corrected chi connectivity index (χ2v) is 4.37. The molecule has 1 aromatic carbocycles. The molecule has 0 bridgehead atoms. The molecular weight excluding hydrogens is 216 g/mol. The van der Waals surface area contributed by atoms with E-state index in [0.29, 0.717) is 10.5 Å². The Morgan fingerprint density at radius 3 is 2.76 bits per heavy atom. The molecule has 5 heteroatoms. The number of rotatable bonds is 1. The fourth-order valence-corrected chi connectivity index (χ4v) is 2.41. The van der Waals surface area contributed by atoms with E-state index in [0.717, 1.165) is 29.5 Å². The second kappa shape index (κ2) is 3.76. The molecule has 1 aromatic heterocycles. The normalized spacial score (nSPS) is 15.6. The van der Waals surface area contributed by atoms with Crippen LogP contribution in [0.5, 0.6) is 0 Å². The van der Waals surface area contributed by atoms with Crippen LogP contribution >= 0.6 is 0 Å². The van der Waals surface area contributed by atoms with E-state index in [1.807, 2.05) is 12.1 Å². The summed E-state index contributed by atoms with van der Waals surface area (Å²) in [5, 5.41) is 16.7. The summed E-state index contributed by atoms with van der Waals surface area (Å²) in [6.45, 7) is 2.08. The van der Waals surface area contributed by atoms with Gasteiger partial charge in [0.2, 0.25) is 6.20 Å². The molecule has 0 aliphatic carbocycles. The average molecular weight is 230 g/mol. The summed E-state index contributed by atoms with van der Waals surface area (Å²) in [7, 11) is 0. The summed E-state index contributed by atoms with van der Waals surface area (Å²) in [5.41, 5.74) is 7.65. The van der Waals surface area contributed by atoms with Crippen LogP contribution in [0.15, 0.2) is 24.5 Å². The molecule has 1 aliphatic heterocycles. The van der Waals surface area contributed by atoms with Crippen molar-refractivity contribution in [3.63, 3.8) is 0 Å². The van der Waals surface area contributed by atoms with Crippen LogP contribution in [-0.4, -0.2) is 18.2 Å². The Kier molecular flexibility index (Phi) is 2.24. The number of hydrogen-bond donors (Lipinski definition) is 1. The highest BCUT2D eigenvalue weighted by Gasteiger charge is 2.17. The van der Waals surface area contributed by atoms with Crippen molar-refractivity contribution in [3.05, 3.63) is 29.7 Å². The van der Waals surface area contributed by atoms with E-state index in [1.165, 1.54) is 25.2 Å². The summed E-state index contributed by atoms with van der Waals surface area (Å²) in [6.07, 6.45) is 5.44. The van der Waals surface area contributed by atoms with Crippen LogP contribution < -0.4 is 15.5 Å². The van der Waals surface area contributed by atoms with Crippen molar-refractivity contribution < 1.29 is 4.85 Å². The lowest BCUT2D eigenvalue weighted by atomic mass is 10.1. The zero-order chi connectivity index (χ0) is 11.8. The van der Waals surface area contributed by atoms with Crippen LogP contribution in [0.1, 0.15) is 12.8 Å². The van der Waals surface area contributed by atoms with Gasteiger partial charge in [-0.05, 0) is 25.0 Å².